The molecule has 0 aromatic heterocycles. The summed E-state index contributed by atoms with van der Waals surface area (Å²) < 4.78 is 0. The van der Waals surface area contributed by atoms with Crippen LogP contribution in [0.2, 0.25) is 5.02 Å². The topological polar surface area (TPSA) is 102 Å². The van der Waals surface area contributed by atoms with E-state index in [-0.39, 0.29) is 17.4 Å². The van der Waals surface area contributed by atoms with Crippen molar-refractivity contribution in [2.75, 3.05) is 11.9 Å². The third-order valence-electron chi connectivity index (χ3n) is 2.81. The van der Waals surface area contributed by atoms with E-state index in [1.54, 1.807) is 12.1 Å². The predicted octanol–water partition coefficient (Wildman–Crippen LogP) is 2.83. The van der Waals surface area contributed by atoms with Crippen LogP contribution in [-0.2, 0) is 4.79 Å². The summed E-state index contributed by atoms with van der Waals surface area (Å²) in [4.78, 5) is 22.1. The summed E-state index contributed by atoms with van der Waals surface area (Å²) in [5, 5.41) is 22.8. The van der Waals surface area contributed by atoms with E-state index < -0.39 is 12.0 Å². The fraction of sp³-hybridized carbons (Fsp3) is 0.357. The molecular formula is C14H16ClN3O3. The Morgan fingerprint density at radius 1 is 1.48 bits per heavy atom. The molecule has 0 aliphatic heterocycles. The van der Waals surface area contributed by atoms with Crippen molar-refractivity contribution in [3.05, 3.63) is 28.8 Å². The van der Waals surface area contributed by atoms with E-state index in [1.165, 1.54) is 6.07 Å². The summed E-state index contributed by atoms with van der Waals surface area (Å²) in [5.41, 5.74) is 0.819. The molecule has 112 valence electrons. The van der Waals surface area contributed by atoms with Crippen LogP contribution >= 0.6 is 11.6 Å². The SMILES string of the molecule is CC(CCC(=O)O)CNC(=O)Nc1ccc(C#N)cc1Cl. The summed E-state index contributed by atoms with van der Waals surface area (Å²) in [7, 11) is 0. The Balaban J connectivity index is 2.44. The molecule has 1 unspecified atom stereocenters. The molecule has 0 saturated heterocycles. The van der Waals surface area contributed by atoms with Gasteiger partial charge in [-0.2, -0.15) is 5.26 Å². The Hall–Kier alpha value is -2.26. The Labute approximate surface area is 127 Å². The van der Waals surface area contributed by atoms with Gasteiger partial charge in [-0.05, 0) is 30.5 Å². The van der Waals surface area contributed by atoms with E-state index in [0.717, 1.165) is 0 Å². The highest BCUT2D eigenvalue weighted by Crippen LogP contribution is 2.22. The first-order valence-electron chi connectivity index (χ1n) is 6.38. The van der Waals surface area contributed by atoms with Crippen LogP contribution in [0.25, 0.3) is 0 Å². The average molecular weight is 310 g/mol. The van der Waals surface area contributed by atoms with Crippen molar-refractivity contribution in [3.63, 3.8) is 0 Å². The standard InChI is InChI=1S/C14H16ClN3O3/c1-9(2-5-13(19)20)8-17-14(21)18-12-4-3-10(7-16)6-11(12)15/h3-4,6,9H,2,5,8H2,1H3,(H,19,20)(H2,17,18,21). The lowest BCUT2D eigenvalue weighted by Gasteiger charge is -2.13. The van der Waals surface area contributed by atoms with Crippen LogP contribution in [0, 0.1) is 17.2 Å². The molecule has 1 rings (SSSR count). The summed E-state index contributed by atoms with van der Waals surface area (Å²) >= 11 is 5.94. The Morgan fingerprint density at radius 3 is 2.76 bits per heavy atom. The van der Waals surface area contributed by atoms with Crippen molar-refractivity contribution >= 4 is 29.3 Å². The largest absolute Gasteiger partial charge is 0.481 e. The Kier molecular flexibility index (Phi) is 6.50. The zero-order chi connectivity index (χ0) is 15.8. The second-order valence-electron chi connectivity index (χ2n) is 4.68. The third kappa shape index (κ3) is 6.15. The first kappa shape index (κ1) is 16.8. The molecule has 0 heterocycles. The lowest BCUT2D eigenvalue weighted by atomic mass is 10.1. The number of nitriles is 1. The van der Waals surface area contributed by atoms with E-state index in [0.29, 0.717) is 24.2 Å². The van der Waals surface area contributed by atoms with Gasteiger partial charge in [-0.1, -0.05) is 18.5 Å². The second-order valence-corrected chi connectivity index (χ2v) is 5.09. The molecule has 6 nitrogen and oxygen atoms in total. The molecule has 0 fully saturated rings. The van der Waals surface area contributed by atoms with Gasteiger partial charge in [0, 0.05) is 13.0 Å². The van der Waals surface area contributed by atoms with E-state index in [1.807, 2.05) is 13.0 Å². The van der Waals surface area contributed by atoms with Gasteiger partial charge in [0.05, 0.1) is 22.3 Å². The molecule has 1 aromatic carbocycles. The lowest BCUT2D eigenvalue weighted by molar-refractivity contribution is -0.137. The van der Waals surface area contributed by atoms with Crippen LogP contribution in [-0.4, -0.2) is 23.7 Å². The summed E-state index contributed by atoms with van der Waals surface area (Å²) in [6, 6.07) is 6.09. The smallest absolute Gasteiger partial charge is 0.319 e. The third-order valence-corrected chi connectivity index (χ3v) is 3.12. The first-order chi connectivity index (χ1) is 9.92. The molecule has 7 heteroatoms. The molecule has 2 amide bonds. The Bertz CT molecular complexity index is 569. The number of carbonyl (C=O) groups is 2. The number of carboxylic acid groups (broad SMARTS) is 1. The molecule has 0 radical (unpaired) electrons. The minimum atomic E-state index is -0.851. The van der Waals surface area contributed by atoms with Crippen molar-refractivity contribution in [1.82, 2.24) is 5.32 Å². The normalized spacial score (nSPS) is 11.3. The summed E-state index contributed by atoms with van der Waals surface area (Å²) in [6.45, 7) is 2.23. The number of nitrogens with one attached hydrogen (secondary N) is 2. The number of carbonyl (C=O) groups excluding carboxylic acids is 1. The van der Waals surface area contributed by atoms with Crippen LogP contribution < -0.4 is 10.6 Å². The molecule has 1 aromatic rings. The fourth-order valence-corrected chi connectivity index (χ4v) is 1.82. The number of halogens is 1. The van der Waals surface area contributed by atoms with E-state index in [2.05, 4.69) is 10.6 Å². The number of benzene rings is 1. The number of anilines is 1. The highest BCUT2D eigenvalue weighted by Gasteiger charge is 2.09. The van der Waals surface area contributed by atoms with Crippen LogP contribution in [0.3, 0.4) is 0 Å². The van der Waals surface area contributed by atoms with Crippen molar-refractivity contribution in [3.8, 4) is 6.07 Å². The number of hydrogen-bond acceptors (Lipinski definition) is 3. The Morgan fingerprint density at radius 2 is 2.19 bits per heavy atom. The molecule has 1 atom stereocenters. The molecule has 0 spiro atoms. The number of amides is 2. The van der Waals surface area contributed by atoms with Crippen LogP contribution in [0.15, 0.2) is 18.2 Å². The first-order valence-corrected chi connectivity index (χ1v) is 6.76. The number of urea groups is 1. The predicted molar refractivity (Wildman–Crippen MR) is 79.2 cm³/mol. The maximum Gasteiger partial charge on any atom is 0.319 e. The van der Waals surface area contributed by atoms with E-state index in [9.17, 15) is 9.59 Å². The van der Waals surface area contributed by atoms with Gasteiger partial charge in [0.15, 0.2) is 0 Å². The van der Waals surface area contributed by atoms with Crippen molar-refractivity contribution < 1.29 is 14.7 Å². The molecule has 0 aliphatic carbocycles. The second kappa shape index (κ2) is 8.12. The zero-order valence-electron chi connectivity index (χ0n) is 11.5. The van der Waals surface area contributed by atoms with Crippen LogP contribution in [0.5, 0.6) is 0 Å². The van der Waals surface area contributed by atoms with Gasteiger partial charge in [-0.15, -0.1) is 0 Å². The number of nitrogens with zero attached hydrogens (tertiary/aromatic N) is 1. The number of rotatable bonds is 6. The van der Waals surface area contributed by atoms with Crippen LogP contribution in [0.4, 0.5) is 10.5 Å². The molecule has 21 heavy (non-hydrogen) atoms. The molecule has 3 N–H and O–H groups in total. The number of aliphatic carboxylic acids is 1. The summed E-state index contributed by atoms with van der Waals surface area (Å²) in [5.74, 6) is -0.793. The maximum absolute atomic E-state index is 11.7. The van der Waals surface area contributed by atoms with Gasteiger partial charge in [0.2, 0.25) is 0 Å². The van der Waals surface area contributed by atoms with Crippen molar-refractivity contribution in [2.45, 2.75) is 19.8 Å². The molecule has 0 bridgehead atoms. The van der Waals surface area contributed by atoms with Gasteiger partial charge in [0.25, 0.3) is 0 Å². The van der Waals surface area contributed by atoms with Gasteiger partial charge in [-0.3, -0.25) is 4.79 Å². The molecule has 0 aliphatic rings. The van der Waals surface area contributed by atoms with Gasteiger partial charge in [-0.25, -0.2) is 4.79 Å². The van der Waals surface area contributed by atoms with Crippen molar-refractivity contribution in [1.29, 1.82) is 5.26 Å². The van der Waals surface area contributed by atoms with Gasteiger partial charge >= 0.3 is 12.0 Å². The van der Waals surface area contributed by atoms with E-state index >= 15 is 0 Å². The van der Waals surface area contributed by atoms with Crippen molar-refractivity contribution in [2.24, 2.45) is 5.92 Å². The minimum absolute atomic E-state index is 0.0586. The number of carboxylic acids is 1. The highest BCUT2D eigenvalue weighted by atomic mass is 35.5. The minimum Gasteiger partial charge on any atom is -0.481 e. The fourth-order valence-electron chi connectivity index (χ4n) is 1.59. The maximum atomic E-state index is 11.7. The average Bonchev–Trinajstić information content (AvgIpc) is 2.45. The molecule has 0 saturated carbocycles. The van der Waals surface area contributed by atoms with Gasteiger partial charge in [0.1, 0.15) is 0 Å². The number of hydrogen-bond donors (Lipinski definition) is 3. The van der Waals surface area contributed by atoms with Crippen LogP contribution in [0.1, 0.15) is 25.3 Å². The van der Waals surface area contributed by atoms with E-state index in [4.69, 9.17) is 22.0 Å². The quantitative estimate of drug-likeness (QED) is 0.751. The lowest BCUT2D eigenvalue weighted by Crippen LogP contribution is -2.32. The highest BCUT2D eigenvalue weighted by molar-refractivity contribution is 6.33. The summed E-state index contributed by atoms with van der Waals surface area (Å²) in [6.07, 6.45) is 0.569. The zero-order valence-corrected chi connectivity index (χ0v) is 12.3. The monoisotopic (exact) mass is 309 g/mol. The molecular weight excluding hydrogens is 294 g/mol. The van der Waals surface area contributed by atoms with Gasteiger partial charge < -0.3 is 15.7 Å².